The van der Waals surface area contributed by atoms with E-state index < -0.39 is 0 Å². The summed E-state index contributed by atoms with van der Waals surface area (Å²) in [5.74, 6) is 1.66. The van der Waals surface area contributed by atoms with E-state index in [1.165, 1.54) is 74.0 Å². The van der Waals surface area contributed by atoms with E-state index >= 15 is 0 Å². The van der Waals surface area contributed by atoms with E-state index in [0.29, 0.717) is 0 Å². The van der Waals surface area contributed by atoms with Gasteiger partial charge in [-0.2, -0.15) is 0 Å². The maximum absolute atomic E-state index is 7.13. The maximum atomic E-state index is 7.13. The lowest BCUT2D eigenvalue weighted by Gasteiger charge is -2.28. The van der Waals surface area contributed by atoms with Crippen LogP contribution in [0.15, 0.2) is 224 Å². The zero-order chi connectivity index (χ0) is 41.4. The molecule has 2 nitrogen and oxygen atoms in total. The van der Waals surface area contributed by atoms with Crippen LogP contribution in [-0.2, 0) is 0 Å². The molecule has 13 rings (SSSR count). The molecule has 0 aliphatic carbocycles. The van der Waals surface area contributed by atoms with E-state index in [-0.39, 0.29) is 0 Å². The molecule has 0 fully saturated rings. The summed E-state index contributed by atoms with van der Waals surface area (Å²) < 4.78 is 9.72. The Labute approximate surface area is 368 Å². The van der Waals surface area contributed by atoms with Gasteiger partial charge in [0.05, 0.1) is 5.69 Å². The third-order valence-corrected chi connectivity index (χ3v) is 14.1. The van der Waals surface area contributed by atoms with Crippen molar-refractivity contribution in [1.29, 1.82) is 0 Å². The molecule has 0 atom stereocenters. The highest BCUT2D eigenvalue weighted by molar-refractivity contribution is 7.26. The lowest BCUT2D eigenvalue weighted by atomic mass is 9.93. The van der Waals surface area contributed by atoms with Crippen LogP contribution in [0.25, 0.3) is 96.3 Å². The molecule has 0 saturated heterocycles. The normalized spacial score (nSPS) is 11.9. The molecule has 63 heavy (non-hydrogen) atoms. The summed E-state index contributed by atoms with van der Waals surface area (Å²) in [6.07, 6.45) is 0. The van der Waals surface area contributed by atoms with E-state index in [0.717, 1.165) is 50.8 Å². The molecule has 0 amide bonds. The first-order chi connectivity index (χ1) is 31.3. The van der Waals surface area contributed by atoms with Gasteiger partial charge in [0.15, 0.2) is 5.75 Å². The number of anilines is 3. The number of nitrogens with zero attached hydrogens (tertiary/aromatic N) is 1. The SMILES string of the molecule is c1ccc(N(c2ccc3c4ccccc4c4ccccc4c4ccccc4c4c(ccc5c6ccccc6sc54)c3c2)c2cccc3c2Oc2ccccc2-c2ccccc2-3)cc1. The van der Waals surface area contributed by atoms with E-state index in [9.17, 15) is 0 Å². The van der Waals surface area contributed by atoms with Gasteiger partial charge in [-0.05, 0) is 102 Å². The number of ether oxygens (including phenoxy) is 1. The zero-order valence-corrected chi connectivity index (χ0v) is 34.9. The molecule has 0 N–H and O–H groups in total. The van der Waals surface area contributed by atoms with Crippen molar-refractivity contribution in [1.82, 2.24) is 0 Å². The number of benzene rings is 10. The monoisotopic (exact) mass is 819 g/mol. The molecular formula is C60H37NOS. The summed E-state index contributed by atoms with van der Waals surface area (Å²) in [5.41, 5.74) is 7.49. The number of hydrogen-bond donors (Lipinski definition) is 0. The Bertz CT molecular complexity index is 3900. The van der Waals surface area contributed by atoms with Crippen LogP contribution in [0.1, 0.15) is 0 Å². The van der Waals surface area contributed by atoms with Crippen molar-refractivity contribution >= 4 is 102 Å². The minimum absolute atomic E-state index is 0.821. The van der Waals surface area contributed by atoms with Crippen LogP contribution in [0.4, 0.5) is 17.1 Å². The topological polar surface area (TPSA) is 12.5 Å². The molecule has 0 saturated carbocycles. The minimum atomic E-state index is 0.821. The largest absolute Gasteiger partial charge is 0.454 e. The van der Waals surface area contributed by atoms with Gasteiger partial charge in [-0.3, -0.25) is 0 Å². The molecule has 0 unspecified atom stereocenters. The first kappa shape index (κ1) is 35.7. The van der Waals surface area contributed by atoms with Gasteiger partial charge < -0.3 is 9.64 Å². The second-order valence-corrected chi connectivity index (χ2v) is 17.4. The van der Waals surface area contributed by atoms with Crippen molar-refractivity contribution in [2.45, 2.75) is 0 Å². The van der Waals surface area contributed by atoms with Gasteiger partial charge in [-0.25, -0.2) is 0 Å². The summed E-state index contributed by atoms with van der Waals surface area (Å²) >= 11 is 1.89. The van der Waals surface area contributed by atoms with Crippen LogP contribution in [0, 0.1) is 0 Å². The van der Waals surface area contributed by atoms with Gasteiger partial charge in [-0.1, -0.05) is 182 Å². The van der Waals surface area contributed by atoms with E-state index in [2.05, 4.69) is 229 Å². The molecule has 1 aliphatic rings. The molecule has 0 radical (unpaired) electrons. The van der Waals surface area contributed by atoms with Gasteiger partial charge in [0, 0.05) is 48.1 Å². The second kappa shape index (κ2) is 14.3. The number of rotatable bonds is 3. The first-order valence-corrected chi connectivity index (χ1v) is 22.3. The van der Waals surface area contributed by atoms with Crippen LogP contribution >= 0.6 is 11.3 Å². The van der Waals surface area contributed by atoms with E-state index in [1.54, 1.807) is 0 Å². The zero-order valence-electron chi connectivity index (χ0n) is 34.1. The Kier molecular flexibility index (Phi) is 8.12. The Morgan fingerprint density at radius 3 is 1.52 bits per heavy atom. The molecule has 1 aromatic heterocycles. The Morgan fingerprint density at radius 1 is 0.317 bits per heavy atom. The highest BCUT2D eigenvalue weighted by atomic mass is 32.1. The van der Waals surface area contributed by atoms with Gasteiger partial charge in [0.2, 0.25) is 0 Å². The van der Waals surface area contributed by atoms with Crippen LogP contribution in [0.3, 0.4) is 0 Å². The summed E-state index contributed by atoms with van der Waals surface area (Å²) in [6, 6.07) is 81.8. The molecule has 12 aromatic rings. The molecule has 0 bridgehead atoms. The molecule has 0 spiro atoms. The number of fused-ring (bicyclic) bond motifs is 19. The smallest absolute Gasteiger partial charge is 0.159 e. The lowest BCUT2D eigenvalue weighted by molar-refractivity contribution is 0.489. The maximum Gasteiger partial charge on any atom is 0.159 e. The summed E-state index contributed by atoms with van der Waals surface area (Å²) in [4.78, 5) is 2.38. The van der Waals surface area contributed by atoms with Gasteiger partial charge in [-0.15, -0.1) is 11.3 Å². The minimum Gasteiger partial charge on any atom is -0.454 e. The number of thiophene rings is 1. The van der Waals surface area contributed by atoms with Crippen molar-refractivity contribution in [3.63, 3.8) is 0 Å². The summed E-state index contributed by atoms with van der Waals surface area (Å²) in [7, 11) is 0. The van der Waals surface area contributed by atoms with Crippen molar-refractivity contribution < 1.29 is 4.74 Å². The highest BCUT2D eigenvalue weighted by Gasteiger charge is 2.26. The average Bonchev–Trinajstić information content (AvgIpc) is 3.66. The molecule has 294 valence electrons. The van der Waals surface area contributed by atoms with Crippen LogP contribution in [0.5, 0.6) is 11.5 Å². The molecule has 2 heterocycles. The van der Waals surface area contributed by atoms with Gasteiger partial charge >= 0.3 is 0 Å². The van der Waals surface area contributed by atoms with Gasteiger partial charge in [0.25, 0.3) is 0 Å². The van der Waals surface area contributed by atoms with Gasteiger partial charge in [0.1, 0.15) is 5.75 Å². The van der Waals surface area contributed by atoms with Crippen molar-refractivity contribution in [3.8, 4) is 33.8 Å². The third-order valence-electron chi connectivity index (χ3n) is 12.9. The molecule has 1 aliphatic heterocycles. The fourth-order valence-corrected chi connectivity index (χ4v) is 11.4. The van der Waals surface area contributed by atoms with E-state index in [1.807, 2.05) is 11.3 Å². The number of hydrogen-bond acceptors (Lipinski definition) is 3. The van der Waals surface area contributed by atoms with Crippen LogP contribution in [-0.4, -0.2) is 0 Å². The number of para-hydroxylation sites is 3. The third kappa shape index (κ3) is 5.57. The lowest BCUT2D eigenvalue weighted by Crippen LogP contribution is -2.11. The molecule has 3 heteroatoms. The molecule has 11 aromatic carbocycles. The molecular weight excluding hydrogens is 783 g/mol. The highest BCUT2D eigenvalue weighted by Crippen LogP contribution is 2.53. The summed E-state index contributed by atoms with van der Waals surface area (Å²) in [5, 5.41) is 14.7. The fraction of sp³-hybridized carbons (Fsp3) is 0. The predicted octanol–water partition coefficient (Wildman–Crippen LogP) is 17.9. The Balaban J connectivity index is 1.21. The van der Waals surface area contributed by atoms with E-state index in [4.69, 9.17) is 4.74 Å². The standard InChI is InChI=1S/C60H37NOS/c1-2-17-38(18-3-1)61(55-30-16-29-52-46-25-9-8-23-44(46)48-26-12-14-31-56(48)62-59(52)55)39-33-34-47-43-22-7-5-20-41(43)40-19-4-6-21-42(40)45-24-10-11-28-50(45)58-51(54(47)37-39)35-36-53-49-27-13-15-32-57(49)63-60(53)58/h1-37H. The average molecular weight is 820 g/mol. The quantitative estimate of drug-likeness (QED) is 0.176. The Morgan fingerprint density at radius 2 is 0.810 bits per heavy atom. The van der Waals surface area contributed by atoms with Crippen LogP contribution in [0.2, 0.25) is 0 Å². The van der Waals surface area contributed by atoms with Crippen LogP contribution < -0.4 is 9.64 Å². The van der Waals surface area contributed by atoms with Crippen molar-refractivity contribution in [2.24, 2.45) is 0 Å². The summed E-state index contributed by atoms with van der Waals surface area (Å²) in [6.45, 7) is 0. The fourth-order valence-electron chi connectivity index (χ4n) is 10.1. The second-order valence-electron chi connectivity index (χ2n) is 16.3. The first-order valence-electron chi connectivity index (χ1n) is 21.5. The Hall–Kier alpha value is -7.98. The van der Waals surface area contributed by atoms with Crippen molar-refractivity contribution in [3.05, 3.63) is 224 Å². The van der Waals surface area contributed by atoms with Crippen molar-refractivity contribution in [2.75, 3.05) is 4.90 Å². The predicted molar refractivity (Wildman–Crippen MR) is 270 cm³/mol.